The average Bonchev–Trinajstić information content (AvgIpc) is 2.85. The van der Waals surface area contributed by atoms with Crippen LogP contribution in [0.2, 0.25) is 0 Å². The van der Waals surface area contributed by atoms with Crippen LogP contribution in [0, 0.1) is 0 Å². The number of nitrogens with zero attached hydrogens (tertiary/aromatic N) is 1. The topological polar surface area (TPSA) is 96.6 Å². The molecule has 6 heteroatoms. The van der Waals surface area contributed by atoms with Crippen LogP contribution in [0.25, 0.3) is 22.0 Å². The lowest BCUT2D eigenvalue weighted by atomic mass is 9.98. The van der Waals surface area contributed by atoms with Gasteiger partial charge < -0.3 is 14.8 Å². The molecule has 0 unspecified atom stereocenters. The fraction of sp³-hybridized carbons (Fsp3) is 0.207. The summed E-state index contributed by atoms with van der Waals surface area (Å²) in [4.78, 5) is 35.9. The van der Waals surface area contributed by atoms with Crippen molar-refractivity contribution in [2.24, 2.45) is 0 Å². The number of hydrogen-bond donors (Lipinski definition) is 2. The quantitative estimate of drug-likeness (QED) is 0.343. The van der Waals surface area contributed by atoms with E-state index < -0.39 is 11.9 Å². The summed E-state index contributed by atoms with van der Waals surface area (Å²) in [5.41, 5.74) is 4.78. The van der Waals surface area contributed by atoms with Crippen molar-refractivity contribution in [2.45, 2.75) is 39.2 Å². The molecule has 0 bridgehead atoms. The van der Waals surface area contributed by atoms with Gasteiger partial charge in [0.1, 0.15) is 0 Å². The van der Waals surface area contributed by atoms with E-state index in [4.69, 9.17) is 0 Å². The molecule has 1 aromatic heterocycles. The number of rotatable bonds is 9. The molecular formula is C29H27NO5. The van der Waals surface area contributed by atoms with E-state index in [1.807, 2.05) is 41.1 Å². The zero-order valence-corrected chi connectivity index (χ0v) is 19.5. The van der Waals surface area contributed by atoms with Gasteiger partial charge in [0.25, 0.3) is 0 Å². The molecule has 0 amide bonds. The third-order valence-electron chi connectivity index (χ3n) is 6.15. The van der Waals surface area contributed by atoms with E-state index in [1.54, 1.807) is 36.4 Å². The van der Waals surface area contributed by atoms with Gasteiger partial charge in [-0.2, -0.15) is 0 Å². The van der Waals surface area contributed by atoms with Gasteiger partial charge in [-0.1, -0.05) is 61.9 Å². The van der Waals surface area contributed by atoms with Gasteiger partial charge in [0.05, 0.1) is 17.5 Å². The molecule has 0 radical (unpaired) electrons. The Bertz CT molecular complexity index is 1450. The zero-order chi connectivity index (χ0) is 24.9. The molecule has 0 fully saturated rings. The Morgan fingerprint density at radius 2 is 1.63 bits per heavy atom. The first-order chi connectivity index (χ1) is 16.9. The molecule has 0 spiro atoms. The van der Waals surface area contributed by atoms with Crippen LogP contribution in [-0.2, 0) is 24.2 Å². The van der Waals surface area contributed by atoms with Gasteiger partial charge in [-0.05, 0) is 53.3 Å². The summed E-state index contributed by atoms with van der Waals surface area (Å²) in [5.74, 6) is -1.89. The molecule has 35 heavy (non-hydrogen) atoms. The first-order valence-electron chi connectivity index (χ1n) is 11.7. The number of fused-ring (bicyclic) bond motifs is 1. The normalized spacial score (nSPS) is 11.0. The molecule has 6 nitrogen and oxygen atoms in total. The van der Waals surface area contributed by atoms with Crippen LogP contribution in [0.15, 0.2) is 77.7 Å². The van der Waals surface area contributed by atoms with E-state index in [-0.39, 0.29) is 17.4 Å². The average molecular weight is 470 g/mol. The minimum absolute atomic E-state index is 0.00722. The summed E-state index contributed by atoms with van der Waals surface area (Å²) in [6.07, 6.45) is 4.36. The van der Waals surface area contributed by atoms with Crippen LogP contribution >= 0.6 is 0 Å². The number of carbonyl (C=O) groups is 2. The summed E-state index contributed by atoms with van der Waals surface area (Å²) >= 11 is 0. The Morgan fingerprint density at radius 3 is 2.31 bits per heavy atom. The van der Waals surface area contributed by atoms with Gasteiger partial charge >= 0.3 is 11.9 Å². The lowest BCUT2D eigenvalue weighted by Crippen LogP contribution is -2.16. The molecule has 3 aromatic carbocycles. The predicted molar refractivity (Wildman–Crippen MR) is 136 cm³/mol. The highest BCUT2D eigenvalue weighted by molar-refractivity contribution is 5.96. The van der Waals surface area contributed by atoms with Crippen molar-refractivity contribution in [1.82, 2.24) is 4.57 Å². The SMILES string of the molecule is CCCCc1cn(Cc2ccc(-c3ccccc3C(=O)O)cc2)c2cc(CC(=O)O)ccc2c1=O. The Balaban J connectivity index is 1.74. The van der Waals surface area contributed by atoms with E-state index >= 15 is 0 Å². The number of aromatic carboxylic acids is 1. The largest absolute Gasteiger partial charge is 0.481 e. The second-order valence-corrected chi connectivity index (χ2v) is 8.68. The Hall–Kier alpha value is -4.19. The lowest BCUT2D eigenvalue weighted by molar-refractivity contribution is -0.136. The lowest BCUT2D eigenvalue weighted by Gasteiger charge is -2.15. The predicted octanol–water partition coefficient (Wildman–Crippen LogP) is 5.38. The van der Waals surface area contributed by atoms with E-state index in [1.165, 1.54) is 0 Å². The number of carboxylic acid groups (broad SMARTS) is 2. The highest BCUT2D eigenvalue weighted by Gasteiger charge is 2.13. The summed E-state index contributed by atoms with van der Waals surface area (Å²) in [6.45, 7) is 2.58. The molecule has 0 saturated carbocycles. The maximum Gasteiger partial charge on any atom is 0.336 e. The molecule has 0 aliphatic carbocycles. The van der Waals surface area contributed by atoms with Crippen molar-refractivity contribution in [2.75, 3.05) is 0 Å². The van der Waals surface area contributed by atoms with Gasteiger partial charge in [0, 0.05) is 23.7 Å². The monoisotopic (exact) mass is 469 g/mol. The van der Waals surface area contributed by atoms with E-state index in [9.17, 15) is 24.6 Å². The maximum atomic E-state index is 13.1. The van der Waals surface area contributed by atoms with Gasteiger partial charge in [0.2, 0.25) is 0 Å². The molecule has 0 aliphatic rings. The van der Waals surface area contributed by atoms with Crippen molar-refractivity contribution in [3.63, 3.8) is 0 Å². The van der Waals surface area contributed by atoms with Crippen LogP contribution < -0.4 is 5.43 Å². The van der Waals surface area contributed by atoms with Gasteiger partial charge in [-0.25, -0.2) is 4.79 Å². The standard InChI is InChI=1S/C29H27NO5/c1-2-3-6-22-18-30(26-15-20(16-27(31)32)11-14-25(26)28(22)33)17-19-9-12-21(13-10-19)23-7-4-5-8-24(23)29(34)35/h4-5,7-15,18H,2-3,6,16-17H2,1H3,(H,31,32)(H,34,35). The second-order valence-electron chi connectivity index (χ2n) is 8.68. The fourth-order valence-electron chi connectivity index (χ4n) is 4.36. The number of aromatic nitrogens is 1. The van der Waals surface area contributed by atoms with Crippen molar-refractivity contribution in [3.8, 4) is 11.1 Å². The third-order valence-corrected chi connectivity index (χ3v) is 6.15. The Labute approximate surface area is 203 Å². The van der Waals surface area contributed by atoms with Crippen LogP contribution in [-0.4, -0.2) is 26.7 Å². The zero-order valence-electron chi connectivity index (χ0n) is 19.5. The van der Waals surface area contributed by atoms with Gasteiger partial charge in [-0.3, -0.25) is 9.59 Å². The summed E-state index contributed by atoms with van der Waals surface area (Å²) in [6, 6.07) is 19.8. The fourth-order valence-corrected chi connectivity index (χ4v) is 4.36. The molecule has 178 valence electrons. The van der Waals surface area contributed by atoms with E-state index in [0.717, 1.165) is 29.5 Å². The van der Waals surface area contributed by atoms with Crippen molar-refractivity contribution in [3.05, 3.63) is 105 Å². The highest BCUT2D eigenvalue weighted by Crippen LogP contribution is 2.25. The molecule has 1 heterocycles. The number of carboxylic acids is 2. The van der Waals surface area contributed by atoms with Crippen LogP contribution in [0.4, 0.5) is 0 Å². The van der Waals surface area contributed by atoms with E-state index in [0.29, 0.717) is 35.0 Å². The van der Waals surface area contributed by atoms with Crippen molar-refractivity contribution < 1.29 is 19.8 Å². The minimum Gasteiger partial charge on any atom is -0.481 e. The third kappa shape index (κ3) is 5.32. The number of unbranched alkanes of at least 4 members (excludes halogenated alkanes) is 1. The van der Waals surface area contributed by atoms with Crippen LogP contribution in [0.3, 0.4) is 0 Å². The molecule has 2 N–H and O–H groups in total. The maximum absolute atomic E-state index is 13.1. The summed E-state index contributed by atoms with van der Waals surface area (Å²) in [7, 11) is 0. The van der Waals surface area contributed by atoms with E-state index in [2.05, 4.69) is 6.92 Å². The number of benzene rings is 3. The first kappa shape index (κ1) is 24.0. The molecule has 0 aliphatic heterocycles. The minimum atomic E-state index is -0.971. The Kier molecular flexibility index (Phi) is 7.11. The van der Waals surface area contributed by atoms with Crippen LogP contribution in [0.5, 0.6) is 0 Å². The van der Waals surface area contributed by atoms with Gasteiger partial charge in [-0.15, -0.1) is 0 Å². The molecule has 0 saturated heterocycles. The molecular weight excluding hydrogens is 442 g/mol. The smallest absolute Gasteiger partial charge is 0.336 e. The second kappa shape index (κ2) is 10.4. The number of pyridine rings is 1. The number of aryl methyl sites for hydroxylation is 1. The first-order valence-corrected chi connectivity index (χ1v) is 11.7. The van der Waals surface area contributed by atoms with Crippen molar-refractivity contribution >= 4 is 22.8 Å². The summed E-state index contributed by atoms with van der Waals surface area (Å²) in [5, 5.41) is 19.3. The molecule has 0 atom stereocenters. The highest BCUT2D eigenvalue weighted by atomic mass is 16.4. The molecule has 4 rings (SSSR count). The molecule has 4 aromatic rings. The van der Waals surface area contributed by atoms with Gasteiger partial charge in [0.15, 0.2) is 5.43 Å². The van der Waals surface area contributed by atoms with Crippen molar-refractivity contribution in [1.29, 1.82) is 0 Å². The van der Waals surface area contributed by atoms with Crippen LogP contribution in [0.1, 0.15) is 46.8 Å². The summed E-state index contributed by atoms with van der Waals surface area (Å²) < 4.78 is 2.01. The number of aliphatic carboxylic acids is 1. The number of hydrogen-bond acceptors (Lipinski definition) is 3. The Morgan fingerprint density at radius 1 is 0.914 bits per heavy atom.